The Morgan fingerprint density at radius 1 is 0.917 bits per heavy atom. The first-order valence-electron chi connectivity index (χ1n) is 8.25. The van der Waals surface area contributed by atoms with Crippen LogP contribution in [-0.4, -0.2) is 11.6 Å². The van der Waals surface area contributed by atoms with Gasteiger partial charge in [0.1, 0.15) is 0 Å². The van der Waals surface area contributed by atoms with Gasteiger partial charge in [0.15, 0.2) is 0 Å². The maximum absolute atomic E-state index is 12.2. The van der Waals surface area contributed by atoms with Gasteiger partial charge >= 0.3 is 0 Å². The molecule has 0 atom stereocenters. The predicted octanol–water partition coefficient (Wildman–Crippen LogP) is 4.31. The average molecular weight is 322 g/mol. The van der Waals surface area contributed by atoms with Crippen molar-refractivity contribution in [2.45, 2.75) is 48.0 Å². The van der Waals surface area contributed by atoms with Gasteiger partial charge in [-0.3, -0.25) is 4.79 Å². The normalized spacial score (nSPS) is 11.5. The van der Waals surface area contributed by atoms with Crippen molar-refractivity contribution in [1.82, 2.24) is 5.43 Å². The lowest BCUT2D eigenvalue weighted by molar-refractivity contribution is -0.120. The average Bonchev–Trinajstić information content (AvgIpc) is 2.51. The number of hydrazone groups is 1. The van der Waals surface area contributed by atoms with Crippen LogP contribution < -0.4 is 5.43 Å². The largest absolute Gasteiger partial charge is 0.273 e. The van der Waals surface area contributed by atoms with Gasteiger partial charge in [-0.25, -0.2) is 5.43 Å². The molecule has 0 aliphatic rings. The fourth-order valence-corrected chi connectivity index (χ4v) is 2.81. The highest BCUT2D eigenvalue weighted by Crippen LogP contribution is 2.16. The maximum atomic E-state index is 12.2. The zero-order chi connectivity index (χ0) is 17.9. The Kier molecular flexibility index (Phi) is 5.55. The Morgan fingerprint density at radius 3 is 2.25 bits per heavy atom. The standard InChI is InChI=1S/C21H26N2O/c1-13-7-8-19(16(4)9-13)12-21(24)23-22-18(6)20-11-15(3)14(2)10-17(20)5/h7-11H,12H2,1-6H3,(H,23,24)/b22-18-. The van der Waals surface area contributed by atoms with Crippen LogP contribution in [0.1, 0.15) is 45.9 Å². The van der Waals surface area contributed by atoms with Crippen molar-refractivity contribution in [1.29, 1.82) is 0 Å². The maximum Gasteiger partial charge on any atom is 0.244 e. The summed E-state index contributed by atoms with van der Waals surface area (Å²) in [7, 11) is 0. The monoisotopic (exact) mass is 322 g/mol. The molecule has 0 aliphatic heterocycles. The molecule has 0 fully saturated rings. The number of hydrogen-bond acceptors (Lipinski definition) is 2. The Bertz CT molecular complexity index is 804. The summed E-state index contributed by atoms with van der Waals surface area (Å²) in [5.41, 5.74) is 11.6. The third-order valence-electron chi connectivity index (χ3n) is 4.43. The van der Waals surface area contributed by atoms with E-state index < -0.39 is 0 Å². The zero-order valence-electron chi connectivity index (χ0n) is 15.4. The molecule has 24 heavy (non-hydrogen) atoms. The highest BCUT2D eigenvalue weighted by atomic mass is 16.2. The molecular weight excluding hydrogens is 296 g/mol. The molecule has 0 saturated carbocycles. The van der Waals surface area contributed by atoms with E-state index in [1.807, 2.05) is 26.0 Å². The summed E-state index contributed by atoms with van der Waals surface area (Å²) in [4.78, 5) is 12.2. The van der Waals surface area contributed by atoms with Gasteiger partial charge in [-0.1, -0.05) is 29.8 Å². The molecule has 2 aromatic rings. The summed E-state index contributed by atoms with van der Waals surface area (Å²) < 4.78 is 0. The molecule has 2 aromatic carbocycles. The third kappa shape index (κ3) is 4.31. The Morgan fingerprint density at radius 2 is 1.58 bits per heavy atom. The van der Waals surface area contributed by atoms with Crippen molar-refractivity contribution in [3.8, 4) is 0 Å². The first kappa shape index (κ1) is 17.9. The number of benzene rings is 2. The molecule has 126 valence electrons. The minimum atomic E-state index is -0.0946. The van der Waals surface area contributed by atoms with E-state index in [0.717, 1.165) is 22.4 Å². The highest BCUT2D eigenvalue weighted by molar-refractivity contribution is 6.00. The van der Waals surface area contributed by atoms with Crippen LogP contribution in [0.4, 0.5) is 0 Å². The molecule has 2 rings (SSSR count). The number of aryl methyl sites for hydroxylation is 5. The number of carbonyl (C=O) groups is 1. The van der Waals surface area contributed by atoms with Crippen LogP contribution in [-0.2, 0) is 11.2 Å². The van der Waals surface area contributed by atoms with Crippen molar-refractivity contribution in [3.05, 3.63) is 69.3 Å². The van der Waals surface area contributed by atoms with E-state index in [2.05, 4.69) is 56.4 Å². The molecule has 0 spiro atoms. The Balaban J connectivity index is 2.09. The molecule has 1 N–H and O–H groups in total. The van der Waals surface area contributed by atoms with Gasteiger partial charge < -0.3 is 0 Å². The van der Waals surface area contributed by atoms with Crippen LogP contribution in [0.3, 0.4) is 0 Å². The summed E-state index contributed by atoms with van der Waals surface area (Å²) >= 11 is 0. The summed E-state index contributed by atoms with van der Waals surface area (Å²) in [6.45, 7) is 12.3. The minimum absolute atomic E-state index is 0.0946. The number of nitrogens with one attached hydrogen (secondary N) is 1. The summed E-state index contributed by atoms with van der Waals surface area (Å²) in [5, 5.41) is 4.29. The first-order chi connectivity index (χ1) is 11.3. The van der Waals surface area contributed by atoms with E-state index in [1.54, 1.807) is 0 Å². The molecule has 0 saturated heterocycles. The van der Waals surface area contributed by atoms with Crippen molar-refractivity contribution < 1.29 is 4.79 Å². The van der Waals surface area contributed by atoms with Crippen molar-refractivity contribution in [3.63, 3.8) is 0 Å². The second-order valence-electron chi connectivity index (χ2n) is 6.59. The lowest BCUT2D eigenvalue weighted by Gasteiger charge is -2.10. The minimum Gasteiger partial charge on any atom is -0.273 e. The lowest BCUT2D eigenvalue weighted by atomic mass is 9.98. The van der Waals surface area contributed by atoms with Crippen LogP contribution in [0.5, 0.6) is 0 Å². The van der Waals surface area contributed by atoms with Gasteiger partial charge in [0, 0.05) is 5.56 Å². The fourth-order valence-electron chi connectivity index (χ4n) is 2.81. The van der Waals surface area contributed by atoms with Crippen LogP contribution >= 0.6 is 0 Å². The molecule has 3 heteroatoms. The van der Waals surface area contributed by atoms with Gasteiger partial charge in [0.05, 0.1) is 12.1 Å². The number of hydrogen-bond donors (Lipinski definition) is 1. The molecular formula is C21H26N2O. The van der Waals surface area contributed by atoms with Gasteiger partial charge in [0.2, 0.25) is 5.91 Å². The molecule has 0 aromatic heterocycles. The smallest absolute Gasteiger partial charge is 0.244 e. The number of amides is 1. The van der Waals surface area contributed by atoms with E-state index in [1.165, 1.54) is 22.3 Å². The number of rotatable bonds is 4. The lowest BCUT2D eigenvalue weighted by Crippen LogP contribution is -2.22. The third-order valence-corrected chi connectivity index (χ3v) is 4.43. The van der Waals surface area contributed by atoms with Crippen LogP contribution in [0.25, 0.3) is 0 Å². The van der Waals surface area contributed by atoms with Crippen molar-refractivity contribution >= 4 is 11.6 Å². The van der Waals surface area contributed by atoms with E-state index >= 15 is 0 Å². The van der Waals surface area contributed by atoms with Gasteiger partial charge in [-0.15, -0.1) is 0 Å². The van der Waals surface area contributed by atoms with Crippen LogP contribution in [0.2, 0.25) is 0 Å². The van der Waals surface area contributed by atoms with E-state index in [9.17, 15) is 4.79 Å². The molecule has 1 amide bonds. The van der Waals surface area contributed by atoms with Gasteiger partial charge in [-0.05, 0) is 75.4 Å². The predicted molar refractivity (Wildman–Crippen MR) is 101 cm³/mol. The van der Waals surface area contributed by atoms with E-state index in [0.29, 0.717) is 6.42 Å². The van der Waals surface area contributed by atoms with Crippen LogP contribution in [0.15, 0.2) is 35.4 Å². The molecule has 0 heterocycles. The number of carbonyl (C=O) groups excluding carboxylic acids is 1. The Hall–Kier alpha value is -2.42. The van der Waals surface area contributed by atoms with Crippen molar-refractivity contribution in [2.24, 2.45) is 5.10 Å². The van der Waals surface area contributed by atoms with Crippen molar-refractivity contribution in [2.75, 3.05) is 0 Å². The first-order valence-corrected chi connectivity index (χ1v) is 8.25. The Labute approximate surface area is 144 Å². The summed E-state index contributed by atoms with van der Waals surface area (Å²) in [6.07, 6.45) is 0.342. The SMILES string of the molecule is C/C(=N/NC(=O)Cc1ccc(C)cc1C)c1cc(C)c(C)cc1C. The summed E-state index contributed by atoms with van der Waals surface area (Å²) in [5.74, 6) is -0.0946. The second-order valence-corrected chi connectivity index (χ2v) is 6.59. The number of nitrogens with zero attached hydrogens (tertiary/aromatic N) is 1. The quantitative estimate of drug-likeness (QED) is 0.661. The molecule has 0 bridgehead atoms. The molecule has 0 unspecified atom stereocenters. The second kappa shape index (κ2) is 7.43. The summed E-state index contributed by atoms with van der Waals surface area (Å²) in [6, 6.07) is 10.4. The molecule has 0 radical (unpaired) electrons. The van der Waals surface area contributed by atoms with Crippen LogP contribution in [0, 0.1) is 34.6 Å². The molecule has 3 nitrogen and oxygen atoms in total. The van der Waals surface area contributed by atoms with Gasteiger partial charge in [-0.2, -0.15) is 5.10 Å². The fraction of sp³-hybridized carbons (Fsp3) is 0.333. The topological polar surface area (TPSA) is 41.5 Å². The molecule has 0 aliphatic carbocycles. The zero-order valence-corrected chi connectivity index (χ0v) is 15.4. The van der Waals surface area contributed by atoms with Gasteiger partial charge in [0.25, 0.3) is 0 Å². The highest BCUT2D eigenvalue weighted by Gasteiger charge is 2.08. The van der Waals surface area contributed by atoms with E-state index in [-0.39, 0.29) is 5.91 Å². The van der Waals surface area contributed by atoms with E-state index in [4.69, 9.17) is 0 Å².